The molecule has 2 aromatic rings. The molecule has 0 saturated carbocycles. The Hall–Kier alpha value is -1.94. The maximum absolute atomic E-state index is 3.57. The second kappa shape index (κ2) is 8.44. The molecule has 1 heteroatoms. The summed E-state index contributed by atoms with van der Waals surface area (Å²) in [6.07, 6.45) is 20.9. The molecule has 0 nitrogen and oxygen atoms in total. The third-order valence-corrected chi connectivity index (χ3v) is 4.38. The smallest absolute Gasteiger partial charge is 0 e. The van der Waals surface area contributed by atoms with Gasteiger partial charge in [-0.15, -0.1) is 0 Å². The van der Waals surface area contributed by atoms with Crippen molar-refractivity contribution >= 4 is 0 Å². The maximum atomic E-state index is 3.57. The van der Waals surface area contributed by atoms with Gasteiger partial charge in [-0.25, -0.2) is 24.3 Å². The van der Waals surface area contributed by atoms with E-state index in [0.29, 0.717) is 5.92 Å². The van der Waals surface area contributed by atoms with Gasteiger partial charge in [-0.05, 0) is 6.42 Å². The molecule has 0 amide bonds. The minimum atomic E-state index is 0. The van der Waals surface area contributed by atoms with E-state index in [-0.39, 0.29) is 26.3 Å². The second-order valence-electron chi connectivity index (χ2n) is 6.23. The summed E-state index contributed by atoms with van der Waals surface area (Å²) in [6.45, 7) is 0. The predicted octanol–water partition coefficient (Wildman–Crippen LogP) is 4.98. The quantitative estimate of drug-likeness (QED) is 0.480. The summed E-state index contributed by atoms with van der Waals surface area (Å²) in [6, 6.07) is 19.9. The third-order valence-electron chi connectivity index (χ3n) is 4.38. The molecule has 2 aliphatic rings. The number of benzene rings is 2. The first-order valence-corrected chi connectivity index (χ1v) is 8.40. The second-order valence-corrected chi connectivity index (χ2v) is 6.23. The SMILES string of the molecule is [C-]1=CC=CC1Cc1[c-]c(Cc2[c-]c(C3[C-]=CC=C3)ccc2)ccc1.[Pd]. The molecule has 0 N–H and O–H groups in total. The van der Waals surface area contributed by atoms with Crippen molar-refractivity contribution in [3.05, 3.63) is 119 Å². The van der Waals surface area contributed by atoms with Crippen LogP contribution in [0, 0.1) is 30.2 Å². The zero-order valence-corrected chi connectivity index (χ0v) is 15.4. The number of hydrogen-bond acceptors (Lipinski definition) is 0. The van der Waals surface area contributed by atoms with Crippen LogP contribution in [0.1, 0.15) is 28.2 Å². The molecule has 4 rings (SSSR count). The summed E-state index contributed by atoms with van der Waals surface area (Å²) < 4.78 is 0. The summed E-state index contributed by atoms with van der Waals surface area (Å²) in [5.41, 5.74) is 4.85. The van der Waals surface area contributed by atoms with Crippen LogP contribution in [0.3, 0.4) is 0 Å². The van der Waals surface area contributed by atoms with Crippen molar-refractivity contribution in [1.29, 1.82) is 0 Å². The van der Waals surface area contributed by atoms with Gasteiger partial charge in [-0.3, -0.25) is 12.2 Å². The van der Waals surface area contributed by atoms with Crippen LogP contribution in [-0.4, -0.2) is 0 Å². The molecule has 128 valence electrons. The van der Waals surface area contributed by atoms with Gasteiger partial charge in [0.15, 0.2) is 0 Å². The van der Waals surface area contributed by atoms with E-state index in [4.69, 9.17) is 0 Å². The largest absolute Gasteiger partial charge is 0.269 e. The zero-order chi connectivity index (χ0) is 16.2. The molecular weight excluding hydrogens is 395 g/mol. The van der Waals surface area contributed by atoms with E-state index in [1.54, 1.807) is 0 Å². The molecule has 2 atom stereocenters. The number of allylic oxidation sites excluding steroid dienone is 8. The molecular formula is C24H18Pd-4. The summed E-state index contributed by atoms with van der Waals surface area (Å²) in [7, 11) is 0. The average molecular weight is 413 g/mol. The number of rotatable bonds is 5. The van der Waals surface area contributed by atoms with Crippen LogP contribution in [0.15, 0.2) is 72.9 Å². The topological polar surface area (TPSA) is 0 Å². The van der Waals surface area contributed by atoms with Crippen molar-refractivity contribution < 1.29 is 20.4 Å². The first-order valence-electron chi connectivity index (χ1n) is 8.40. The number of hydrogen-bond donors (Lipinski definition) is 0. The summed E-state index contributed by atoms with van der Waals surface area (Å²) in [4.78, 5) is 0. The van der Waals surface area contributed by atoms with E-state index in [2.05, 4.69) is 78.9 Å². The van der Waals surface area contributed by atoms with Crippen LogP contribution in [0.5, 0.6) is 0 Å². The Morgan fingerprint density at radius 3 is 2.24 bits per heavy atom. The molecule has 2 aromatic carbocycles. The molecule has 0 fully saturated rings. The molecule has 2 aliphatic carbocycles. The van der Waals surface area contributed by atoms with Crippen LogP contribution in [0.2, 0.25) is 0 Å². The van der Waals surface area contributed by atoms with Gasteiger partial charge in [0, 0.05) is 20.4 Å². The van der Waals surface area contributed by atoms with E-state index in [1.165, 1.54) is 22.3 Å². The van der Waals surface area contributed by atoms with E-state index in [1.807, 2.05) is 18.2 Å². The molecule has 0 heterocycles. The fraction of sp³-hybridized carbons (Fsp3) is 0.167. The van der Waals surface area contributed by atoms with Gasteiger partial charge < -0.3 is 0 Å². The van der Waals surface area contributed by atoms with Crippen molar-refractivity contribution in [3.8, 4) is 0 Å². The first kappa shape index (κ1) is 17.9. The minimum Gasteiger partial charge on any atom is -0.269 e. The standard InChI is InChI=1S/C24H18.Pd/c1-2-8-19(7-1)15-20-9-5-10-21(16-20)17-22-11-6-14-24(18-22)23-12-3-4-13-23;/h1-7,9-12,14,19,23H,15,17H2;/q-4;. The average Bonchev–Trinajstić information content (AvgIpc) is 3.29. The molecule has 0 bridgehead atoms. The van der Waals surface area contributed by atoms with Crippen LogP contribution in [-0.2, 0) is 33.3 Å². The Bertz CT molecular complexity index is 815. The summed E-state index contributed by atoms with van der Waals surface area (Å²) >= 11 is 0. The van der Waals surface area contributed by atoms with Gasteiger partial charge in [0.1, 0.15) is 0 Å². The Balaban J connectivity index is 0.00000182. The zero-order valence-electron chi connectivity index (χ0n) is 13.8. The maximum Gasteiger partial charge on any atom is 0 e. The molecule has 0 aliphatic heterocycles. The Kier molecular flexibility index (Phi) is 6.03. The van der Waals surface area contributed by atoms with Gasteiger partial charge >= 0.3 is 0 Å². The third kappa shape index (κ3) is 4.57. The first-order chi connectivity index (χ1) is 11.9. The van der Waals surface area contributed by atoms with Crippen LogP contribution >= 0.6 is 0 Å². The van der Waals surface area contributed by atoms with E-state index in [0.717, 1.165) is 12.8 Å². The van der Waals surface area contributed by atoms with Gasteiger partial charge in [0.25, 0.3) is 0 Å². The van der Waals surface area contributed by atoms with E-state index >= 15 is 0 Å². The predicted molar refractivity (Wildman–Crippen MR) is 97.2 cm³/mol. The van der Waals surface area contributed by atoms with Crippen molar-refractivity contribution in [3.63, 3.8) is 0 Å². The van der Waals surface area contributed by atoms with Gasteiger partial charge in [-0.1, -0.05) is 18.3 Å². The van der Waals surface area contributed by atoms with E-state index in [9.17, 15) is 0 Å². The fourth-order valence-electron chi connectivity index (χ4n) is 3.18. The normalized spacial score (nSPS) is 20.2. The van der Waals surface area contributed by atoms with Crippen molar-refractivity contribution in [2.24, 2.45) is 5.92 Å². The molecule has 0 radical (unpaired) electrons. The minimum absolute atomic E-state index is 0. The Labute approximate surface area is 164 Å². The van der Waals surface area contributed by atoms with Crippen LogP contribution < -0.4 is 0 Å². The molecule has 2 unspecified atom stereocenters. The van der Waals surface area contributed by atoms with Crippen molar-refractivity contribution in [2.75, 3.05) is 0 Å². The monoisotopic (exact) mass is 412 g/mol. The molecule has 0 aromatic heterocycles. The van der Waals surface area contributed by atoms with Gasteiger partial charge in [0.05, 0.1) is 0 Å². The van der Waals surface area contributed by atoms with E-state index < -0.39 is 0 Å². The fourth-order valence-corrected chi connectivity index (χ4v) is 3.18. The summed E-state index contributed by atoms with van der Waals surface area (Å²) in [5.74, 6) is 0.639. The summed E-state index contributed by atoms with van der Waals surface area (Å²) in [5, 5.41) is 0. The molecule has 0 saturated heterocycles. The van der Waals surface area contributed by atoms with Crippen molar-refractivity contribution in [2.45, 2.75) is 18.8 Å². The van der Waals surface area contributed by atoms with Crippen LogP contribution in [0.4, 0.5) is 0 Å². The van der Waals surface area contributed by atoms with Gasteiger partial charge in [-0.2, -0.15) is 82.9 Å². The Morgan fingerprint density at radius 2 is 1.48 bits per heavy atom. The molecule has 0 spiro atoms. The van der Waals surface area contributed by atoms with Crippen molar-refractivity contribution in [1.82, 2.24) is 0 Å². The van der Waals surface area contributed by atoms with Gasteiger partial charge in [0.2, 0.25) is 0 Å². The Morgan fingerprint density at radius 1 is 0.760 bits per heavy atom. The molecule has 25 heavy (non-hydrogen) atoms. The van der Waals surface area contributed by atoms with Crippen LogP contribution in [0.25, 0.3) is 0 Å².